The number of carbonyl (C=O) groups excluding carboxylic acids is 1. The third kappa shape index (κ3) is 6.86. The van der Waals surface area contributed by atoms with Crippen molar-refractivity contribution in [3.63, 3.8) is 0 Å². The highest BCUT2D eigenvalue weighted by Gasteiger charge is 2.47. The number of hydrogen-bond acceptors (Lipinski definition) is 5. The van der Waals surface area contributed by atoms with Crippen molar-refractivity contribution in [1.82, 2.24) is 0 Å². The van der Waals surface area contributed by atoms with Crippen LogP contribution in [0.4, 0.5) is 0 Å². The van der Waals surface area contributed by atoms with Crippen molar-refractivity contribution in [2.75, 3.05) is 19.8 Å². The lowest BCUT2D eigenvalue weighted by Crippen LogP contribution is -2.39. The van der Waals surface area contributed by atoms with Gasteiger partial charge >= 0.3 is 0 Å². The van der Waals surface area contributed by atoms with Gasteiger partial charge in [-0.25, -0.2) is 0 Å². The van der Waals surface area contributed by atoms with Gasteiger partial charge in [0.2, 0.25) is 0 Å². The Hall–Kier alpha value is -0.273. The SMILES string of the molecule is CC(C)C[Si](C)(C)OC[C@@H]1[C@H]2CC[C@H](CC=O)CO[C@H]2C[C@H]1OC1CCCCO1. The lowest BCUT2D eigenvalue weighted by atomic mass is 9.87. The van der Waals surface area contributed by atoms with Crippen LogP contribution in [0.3, 0.4) is 0 Å². The quantitative estimate of drug-likeness (QED) is 0.392. The van der Waals surface area contributed by atoms with Crippen molar-refractivity contribution >= 4 is 14.6 Å². The lowest BCUT2D eigenvalue weighted by Gasteiger charge is -2.33. The van der Waals surface area contributed by atoms with E-state index < -0.39 is 8.32 Å². The number of aldehydes is 1. The van der Waals surface area contributed by atoms with Crippen LogP contribution >= 0.6 is 0 Å². The van der Waals surface area contributed by atoms with E-state index >= 15 is 0 Å². The van der Waals surface area contributed by atoms with Crippen LogP contribution in [0.2, 0.25) is 19.1 Å². The van der Waals surface area contributed by atoms with Gasteiger partial charge in [-0.15, -0.1) is 0 Å². The predicted octanol–water partition coefficient (Wildman–Crippen LogP) is 4.80. The minimum Gasteiger partial charge on any atom is -0.417 e. The molecule has 0 aromatic rings. The van der Waals surface area contributed by atoms with E-state index in [2.05, 4.69) is 26.9 Å². The number of ether oxygens (including phenoxy) is 3. The smallest absolute Gasteiger partial charge is 0.186 e. The molecule has 6 atom stereocenters. The zero-order valence-electron chi connectivity index (χ0n) is 18.9. The number of rotatable bonds is 9. The first-order valence-electron chi connectivity index (χ1n) is 11.8. The number of hydrogen-bond donors (Lipinski definition) is 0. The zero-order chi connectivity index (χ0) is 20.9. The van der Waals surface area contributed by atoms with Gasteiger partial charge < -0.3 is 23.4 Å². The molecule has 3 aliphatic rings. The van der Waals surface area contributed by atoms with Crippen LogP contribution in [0.1, 0.15) is 58.8 Å². The fourth-order valence-electron chi connectivity index (χ4n) is 5.58. The highest BCUT2D eigenvalue weighted by Crippen LogP contribution is 2.43. The largest absolute Gasteiger partial charge is 0.417 e. The van der Waals surface area contributed by atoms with Crippen molar-refractivity contribution in [2.24, 2.45) is 23.7 Å². The average Bonchev–Trinajstić information content (AvgIpc) is 2.85. The third-order valence-corrected chi connectivity index (χ3v) is 9.63. The van der Waals surface area contributed by atoms with E-state index in [1.807, 2.05) is 0 Å². The average molecular weight is 427 g/mol. The summed E-state index contributed by atoms with van der Waals surface area (Å²) in [4.78, 5) is 11.0. The second-order valence-electron chi connectivity index (χ2n) is 10.4. The van der Waals surface area contributed by atoms with Crippen LogP contribution in [0, 0.1) is 23.7 Å². The molecule has 1 saturated carbocycles. The van der Waals surface area contributed by atoms with Crippen LogP contribution in [0.25, 0.3) is 0 Å². The van der Waals surface area contributed by atoms with Gasteiger partial charge in [-0.2, -0.15) is 0 Å². The standard InChI is InChI=1S/C23H42O5Si/c1-17(2)16-29(3,4)27-15-20-19-9-8-18(10-11-24)14-26-21(19)13-22(20)28-23-7-5-6-12-25-23/h11,17-23H,5-10,12-16H2,1-4H3/t18-,19-,20-,21+,22-,23?/m1/s1. The second-order valence-corrected chi connectivity index (χ2v) is 14.6. The first-order valence-corrected chi connectivity index (χ1v) is 15.0. The Morgan fingerprint density at radius 1 is 1.14 bits per heavy atom. The summed E-state index contributed by atoms with van der Waals surface area (Å²) in [5, 5.41) is 0. The summed E-state index contributed by atoms with van der Waals surface area (Å²) in [7, 11) is -1.69. The minimum atomic E-state index is -1.69. The molecule has 0 N–H and O–H groups in total. The van der Waals surface area contributed by atoms with Gasteiger partial charge in [-0.1, -0.05) is 13.8 Å². The molecule has 0 radical (unpaired) electrons. The molecule has 29 heavy (non-hydrogen) atoms. The molecule has 3 fully saturated rings. The maximum Gasteiger partial charge on any atom is 0.186 e. The van der Waals surface area contributed by atoms with Crippen LogP contribution in [-0.2, 0) is 23.4 Å². The summed E-state index contributed by atoms with van der Waals surface area (Å²) in [5.41, 5.74) is 0. The fraction of sp³-hybridized carbons (Fsp3) is 0.957. The summed E-state index contributed by atoms with van der Waals surface area (Å²) >= 11 is 0. The topological polar surface area (TPSA) is 54.0 Å². The van der Waals surface area contributed by atoms with E-state index in [4.69, 9.17) is 18.6 Å². The lowest BCUT2D eigenvalue weighted by molar-refractivity contribution is -0.198. The zero-order valence-corrected chi connectivity index (χ0v) is 19.9. The van der Waals surface area contributed by atoms with Crippen LogP contribution < -0.4 is 0 Å². The highest BCUT2D eigenvalue weighted by molar-refractivity contribution is 6.71. The van der Waals surface area contributed by atoms with Gasteiger partial charge in [0.05, 0.1) is 18.8 Å². The predicted molar refractivity (Wildman–Crippen MR) is 116 cm³/mol. The van der Waals surface area contributed by atoms with E-state index in [0.717, 1.165) is 51.6 Å². The van der Waals surface area contributed by atoms with E-state index in [-0.39, 0.29) is 18.5 Å². The molecule has 2 heterocycles. The van der Waals surface area contributed by atoms with Crippen molar-refractivity contribution < 1.29 is 23.4 Å². The third-order valence-electron chi connectivity index (χ3n) is 6.88. The second kappa shape index (κ2) is 10.8. The molecule has 0 amide bonds. The normalized spacial score (nSPS) is 36.0. The van der Waals surface area contributed by atoms with Crippen molar-refractivity contribution in [3.8, 4) is 0 Å². The van der Waals surface area contributed by atoms with E-state index in [0.29, 0.717) is 36.7 Å². The number of carbonyl (C=O) groups is 1. The molecular formula is C23H42O5Si. The Labute approximate surface area is 178 Å². The molecule has 0 aromatic carbocycles. The van der Waals surface area contributed by atoms with Crippen LogP contribution in [0.5, 0.6) is 0 Å². The molecule has 3 rings (SSSR count). The molecule has 168 valence electrons. The molecule has 5 nitrogen and oxygen atoms in total. The van der Waals surface area contributed by atoms with Crippen molar-refractivity contribution in [2.45, 2.75) is 96.4 Å². The Morgan fingerprint density at radius 2 is 1.97 bits per heavy atom. The maximum atomic E-state index is 11.0. The maximum absolute atomic E-state index is 11.0. The van der Waals surface area contributed by atoms with Crippen LogP contribution in [-0.4, -0.2) is 52.9 Å². The summed E-state index contributed by atoms with van der Waals surface area (Å²) < 4.78 is 25.3. The van der Waals surface area contributed by atoms with Gasteiger partial charge in [0.1, 0.15) is 6.29 Å². The fourth-order valence-corrected chi connectivity index (χ4v) is 8.31. The Morgan fingerprint density at radius 3 is 2.66 bits per heavy atom. The Kier molecular flexibility index (Phi) is 8.75. The Bertz CT molecular complexity index is 505. The monoisotopic (exact) mass is 426 g/mol. The molecular weight excluding hydrogens is 384 g/mol. The Balaban J connectivity index is 1.65. The first-order chi connectivity index (χ1) is 13.9. The van der Waals surface area contributed by atoms with Gasteiger partial charge in [-0.05, 0) is 69.0 Å². The molecule has 0 aromatic heterocycles. The van der Waals surface area contributed by atoms with E-state index in [1.165, 1.54) is 12.5 Å². The van der Waals surface area contributed by atoms with E-state index in [1.54, 1.807) is 0 Å². The van der Waals surface area contributed by atoms with Gasteiger partial charge in [0, 0.05) is 32.0 Å². The number of fused-ring (bicyclic) bond motifs is 1. The van der Waals surface area contributed by atoms with Crippen molar-refractivity contribution in [1.29, 1.82) is 0 Å². The molecule has 2 saturated heterocycles. The molecule has 0 bridgehead atoms. The summed E-state index contributed by atoms with van der Waals surface area (Å²) in [6, 6.07) is 1.18. The molecule has 6 heteroatoms. The molecule has 2 aliphatic heterocycles. The molecule has 1 aliphatic carbocycles. The van der Waals surface area contributed by atoms with Gasteiger partial charge in [0.25, 0.3) is 0 Å². The minimum absolute atomic E-state index is 0.0673. The first kappa shape index (κ1) is 23.4. The highest BCUT2D eigenvalue weighted by atomic mass is 28.4. The summed E-state index contributed by atoms with van der Waals surface area (Å²) in [6.07, 6.45) is 8.39. The molecule has 0 spiro atoms. The van der Waals surface area contributed by atoms with Crippen molar-refractivity contribution in [3.05, 3.63) is 0 Å². The molecule has 1 unspecified atom stereocenters. The van der Waals surface area contributed by atoms with Gasteiger partial charge in [-0.3, -0.25) is 0 Å². The summed E-state index contributed by atoms with van der Waals surface area (Å²) in [5.74, 6) is 1.86. The van der Waals surface area contributed by atoms with Crippen LogP contribution in [0.15, 0.2) is 0 Å². The van der Waals surface area contributed by atoms with Gasteiger partial charge in [0.15, 0.2) is 14.6 Å². The summed E-state index contributed by atoms with van der Waals surface area (Å²) in [6.45, 7) is 11.5. The van der Waals surface area contributed by atoms with E-state index in [9.17, 15) is 4.79 Å².